The summed E-state index contributed by atoms with van der Waals surface area (Å²) in [5.74, 6) is -0.476. The lowest BCUT2D eigenvalue weighted by Crippen LogP contribution is -2.14. The van der Waals surface area contributed by atoms with Gasteiger partial charge in [0, 0.05) is 24.0 Å². The Morgan fingerprint density at radius 3 is 1.32 bits per heavy atom. The molecule has 1 atom stereocenters. The quantitative estimate of drug-likeness (QED) is 0.0461. The van der Waals surface area contributed by atoms with Gasteiger partial charge in [-0.15, -0.1) is 0 Å². The van der Waals surface area contributed by atoms with Gasteiger partial charge in [-0.25, -0.2) is 14.2 Å². The molecule has 0 aliphatic rings. The van der Waals surface area contributed by atoms with E-state index in [2.05, 4.69) is 0 Å². The van der Waals surface area contributed by atoms with Crippen molar-refractivity contribution in [1.82, 2.24) is 0 Å². The highest BCUT2D eigenvalue weighted by Crippen LogP contribution is 2.47. The molecule has 10 nitrogen and oxygen atoms in total. The summed E-state index contributed by atoms with van der Waals surface area (Å²) < 4.78 is 36.8. The summed E-state index contributed by atoms with van der Waals surface area (Å²) in [6.07, 6.45) is 0.201. The lowest BCUT2D eigenvalue weighted by Gasteiger charge is -2.20. The summed E-state index contributed by atoms with van der Waals surface area (Å²) in [6.45, 7) is 0. The average molecular weight is 803 g/mol. The minimum atomic E-state index is -3.81. The van der Waals surface area contributed by atoms with E-state index in [1.807, 2.05) is 12.1 Å². The van der Waals surface area contributed by atoms with E-state index in [-0.39, 0.29) is 52.8 Å². The number of phenols is 1. The first kappa shape index (κ1) is 39.7. The Hall–Kier alpha value is -7.55. The Morgan fingerprint density at radius 2 is 0.831 bits per heavy atom. The van der Waals surface area contributed by atoms with Gasteiger partial charge < -0.3 is 23.6 Å². The Labute approximate surface area is 339 Å². The van der Waals surface area contributed by atoms with Crippen LogP contribution in [0.5, 0.6) is 28.7 Å². The van der Waals surface area contributed by atoms with Crippen molar-refractivity contribution in [3.63, 3.8) is 0 Å². The molecule has 0 heterocycles. The molecule has 0 aliphatic heterocycles. The molecule has 1 unspecified atom stereocenters. The Kier molecular flexibility index (Phi) is 12.2. The Bertz CT molecular complexity index is 2630. The van der Waals surface area contributed by atoms with Gasteiger partial charge in [-0.3, -0.25) is 9.59 Å². The van der Waals surface area contributed by atoms with Gasteiger partial charge in [-0.1, -0.05) is 66.7 Å². The summed E-state index contributed by atoms with van der Waals surface area (Å²) in [4.78, 5) is 51.7. The molecule has 1 N–H and O–H groups in total. The minimum absolute atomic E-state index is 0.0734. The third-order valence-corrected chi connectivity index (χ3v) is 10.8. The first-order valence-corrected chi connectivity index (χ1v) is 19.9. The Morgan fingerprint density at radius 1 is 0.424 bits per heavy atom. The number of phenolic OH excluding ortho intramolecular Hbond substituents is 1. The van der Waals surface area contributed by atoms with Crippen LogP contribution in [-0.2, 0) is 17.4 Å². The second-order valence-electron chi connectivity index (χ2n) is 13.2. The van der Waals surface area contributed by atoms with Crippen molar-refractivity contribution < 1.29 is 47.4 Å². The summed E-state index contributed by atoms with van der Waals surface area (Å²) in [6, 6.07) is 48.7. The number of ketones is 2. The molecule has 0 radical (unpaired) electrons. The van der Waals surface area contributed by atoms with Gasteiger partial charge >= 0.3 is 19.5 Å². The number of rotatable bonds is 15. The maximum Gasteiger partial charge on any atom is 0.462 e. The van der Waals surface area contributed by atoms with Crippen molar-refractivity contribution in [1.29, 1.82) is 0 Å². The second kappa shape index (κ2) is 18.1. The smallest absolute Gasteiger partial charge is 0.462 e. The van der Waals surface area contributed by atoms with Gasteiger partial charge in [0.25, 0.3) is 0 Å². The lowest BCUT2D eigenvalue weighted by atomic mass is 10.0. The van der Waals surface area contributed by atoms with Gasteiger partial charge in [0.2, 0.25) is 0 Å². The molecule has 7 aromatic carbocycles. The van der Waals surface area contributed by atoms with Crippen LogP contribution >= 0.6 is 7.60 Å². The zero-order chi connectivity index (χ0) is 41.2. The third-order valence-electron chi connectivity index (χ3n) is 8.96. The van der Waals surface area contributed by atoms with Gasteiger partial charge in [-0.05, 0) is 126 Å². The fourth-order valence-corrected chi connectivity index (χ4v) is 7.46. The molecule has 0 fully saturated rings. The third kappa shape index (κ3) is 10.5. The largest absolute Gasteiger partial charge is 0.508 e. The van der Waals surface area contributed by atoms with E-state index in [0.29, 0.717) is 39.1 Å². The van der Waals surface area contributed by atoms with Crippen LogP contribution in [0.2, 0.25) is 0 Å². The number of benzene rings is 7. The van der Waals surface area contributed by atoms with Crippen LogP contribution in [0, 0.1) is 0 Å². The molecule has 0 saturated carbocycles. The number of carbonyl (C=O) groups excluding carboxylic acids is 4. The van der Waals surface area contributed by atoms with E-state index in [0.717, 1.165) is 0 Å². The Balaban J connectivity index is 0.916. The molecular formula is C48H35O10P. The summed E-state index contributed by atoms with van der Waals surface area (Å²) in [7, 11) is -3.81. The van der Waals surface area contributed by atoms with Crippen molar-refractivity contribution >= 4 is 36.4 Å². The van der Waals surface area contributed by atoms with Crippen molar-refractivity contribution in [2.75, 3.05) is 0 Å². The molecule has 0 aromatic heterocycles. The van der Waals surface area contributed by atoms with Crippen LogP contribution in [0.15, 0.2) is 182 Å². The van der Waals surface area contributed by atoms with Gasteiger partial charge in [0.05, 0.1) is 16.4 Å². The lowest BCUT2D eigenvalue weighted by molar-refractivity contribution is 0.0733. The van der Waals surface area contributed by atoms with E-state index in [1.165, 1.54) is 48.5 Å². The zero-order valence-electron chi connectivity index (χ0n) is 31.3. The van der Waals surface area contributed by atoms with E-state index >= 15 is 0 Å². The molecule has 0 bridgehead atoms. The fraction of sp³-hybridized carbons (Fsp3) is 0.0417. The summed E-state index contributed by atoms with van der Waals surface area (Å²) in [5, 5.41) is 9.84. The number of para-hydroxylation sites is 1. The van der Waals surface area contributed by atoms with E-state index in [9.17, 15) is 28.8 Å². The highest BCUT2D eigenvalue weighted by Gasteiger charge is 2.31. The van der Waals surface area contributed by atoms with E-state index in [4.69, 9.17) is 18.5 Å². The molecule has 11 heteroatoms. The standard InChI is InChI=1S/C48H35O10P/c49-39-22-18-35(19-23-39)45(50)30-33-14-24-40(25-15-33)55-47(52)37-8-7-9-38(32-37)48(53)56-41-28-20-36(21-29-41)46(51)31-34-16-26-43(27-17-34)58-59(54,44-12-5-2-6-13-44)57-42-10-3-1-4-11-42/h1-29,32,49H,30-31H2. The van der Waals surface area contributed by atoms with Gasteiger partial charge in [-0.2, -0.15) is 0 Å². The maximum absolute atomic E-state index is 14.0. The summed E-state index contributed by atoms with van der Waals surface area (Å²) >= 11 is 0. The van der Waals surface area contributed by atoms with Crippen LogP contribution in [0.3, 0.4) is 0 Å². The maximum atomic E-state index is 14.0. The number of ether oxygens (including phenoxy) is 2. The molecule has 59 heavy (non-hydrogen) atoms. The highest BCUT2D eigenvalue weighted by atomic mass is 31.2. The van der Waals surface area contributed by atoms with E-state index in [1.54, 1.807) is 121 Å². The van der Waals surface area contributed by atoms with Crippen molar-refractivity contribution in [2.45, 2.75) is 12.8 Å². The molecule has 0 aliphatic carbocycles. The second-order valence-corrected chi connectivity index (χ2v) is 15.1. The number of esters is 2. The summed E-state index contributed by atoms with van der Waals surface area (Å²) in [5.41, 5.74) is 2.52. The normalized spacial score (nSPS) is 11.7. The minimum Gasteiger partial charge on any atom is -0.508 e. The van der Waals surface area contributed by atoms with Crippen LogP contribution in [0.1, 0.15) is 52.6 Å². The molecule has 0 amide bonds. The van der Waals surface area contributed by atoms with Crippen molar-refractivity contribution in [3.05, 3.63) is 215 Å². The number of carbonyl (C=O) groups is 4. The molecule has 7 aromatic rings. The molecule has 7 rings (SSSR count). The molecule has 292 valence electrons. The zero-order valence-corrected chi connectivity index (χ0v) is 32.2. The monoisotopic (exact) mass is 802 g/mol. The van der Waals surface area contributed by atoms with E-state index < -0.39 is 19.5 Å². The SMILES string of the molecule is O=C(Cc1ccc(OC(=O)c2cccc(C(=O)Oc3ccc(C(=O)Cc4ccc(OP(=O)(Oc5ccccc5)c5ccccc5)cc4)cc3)c2)cc1)c1ccc(O)cc1. The fourth-order valence-electron chi connectivity index (χ4n) is 5.87. The van der Waals surface area contributed by atoms with Gasteiger partial charge in [0.1, 0.15) is 28.7 Å². The number of aromatic hydroxyl groups is 1. The van der Waals surface area contributed by atoms with Crippen LogP contribution in [-0.4, -0.2) is 28.6 Å². The van der Waals surface area contributed by atoms with Crippen LogP contribution < -0.4 is 23.8 Å². The van der Waals surface area contributed by atoms with Crippen molar-refractivity contribution in [3.8, 4) is 28.7 Å². The molecular weight excluding hydrogens is 767 g/mol. The molecule has 0 spiro atoms. The van der Waals surface area contributed by atoms with Gasteiger partial charge in [0.15, 0.2) is 11.6 Å². The number of hydrogen-bond donors (Lipinski definition) is 1. The number of Topliss-reactive ketones (excluding diaryl/α,β-unsaturated/α-hetero) is 2. The topological polar surface area (TPSA) is 143 Å². The first-order chi connectivity index (χ1) is 28.6. The highest BCUT2D eigenvalue weighted by molar-refractivity contribution is 7.63. The molecule has 0 saturated heterocycles. The average Bonchev–Trinajstić information content (AvgIpc) is 3.26. The predicted octanol–water partition coefficient (Wildman–Crippen LogP) is 9.66. The van der Waals surface area contributed by atoms with Crippen molar-refractivity contribution in [2.24, 2.45) is 0 Å². The van der Waals surface area contributed by atoms with Crippen LogP contribution in [0.4, 0.5) is 0 Å². The van der Waals surface area contributed by atoms with Crippen LogP contribution in [0.25, 0.3) is 0 Å². The predicted molar refractivity (Wildman–Crippen MR) is 221 cm³/mol. The number of hydrogen-bond acceptors (Lipinski definition) is 10. The first-order valence-electron chi connectivity index (χ1n) is 18.4.